The van der Waals surface area contributed by atoms with Gasteiger partial charge in [-0.1, -0.05) is 103 Å². The van der Waals surface area contributed by atoms with Gasteiger partial charge in [0.25, 0.3) is 5.91 Å². The molecule has 274 valence electrons. The van der Waals surface area contributed by atoms with Crippen molar-refractivity contribution in [2.75, 3.05) is 11.9 Å². The number of nitrogens with two attached hydrogens (primary N) is 1. The van der Waals surface area contributed by atoms with E-state index < -0.39 is 25.8 Å². The number of pyridine rings is 1. The molecule has 3 N–H and O–H groups in total. The molecule has 50 heavy (non-hydrogen) atoms. The van der Waals surface area contributed by atoms with Crippen LogP contribution in [0, 0.1) is 37.5 Å². The smallest absolute Gasteiger partial charge is 0.254 e. The summed E-state index contributed by atoms with van der Waals surface area (Å²) in [7, 11) is -1.23. The van der Waals surface area contributed by atoms with Gasteiger partial charge in [-0.25, -0.2) is 9.67 Å². The Morgan fingerprint density at radius 1 is 1.04 bits per heavy atom. The lowest BCUT2D eigenvalue weighted by Gasteiger charge is -2.41. The van der Waals surface area contributed by atoms with Crippen LogP contribution in [0.3, 0.4) is 0 Å². The van der Waals surface area contributed by atoms with E-state index in [-0.39, 0.29) is 46.7 Å². The summed E-state index contributed by atoms with van der Waals surface area (Å²) in [6, 6.07) is 4.31. The summed E-state index contributed by atoms with van der Waals surface area (Å²) in [5.74, 6) is -1.89. The molecular weight excluding hydrogens is 652 g/mol. The lowest BCUT2D eigenvalue weighted by atomic mass is 9.63. The van der Waals surface area contributed by atoms with Gasteiger partial charge in [0.15, 0.2) is 5.76 Å². The summed E-state index contributed by atoms with van der Waals surface area (Å²) >= 11 is 0. The van der Waals surface area contributed by atoms with Gasteiger partial charge >= 0.3 is 0 Å². The Balaban J connectivity index is 1.47. The second-order valence-corrected chi connectivity index (χ2v) is 21.7. The zero-order chi connectivity index (χ0) is 36.2. The molecule has 5 rings (SSSR count). The van der Waals surface area contributed by atoms with Gasteiger partial charge in [-0.3, -0.25) is 9.59 Å². The highest BCUT2D eigenvalue weighted by atomic mass is 28.3. The molecule has 12 heteroatoms. The molecule has 2 aliphatic carbocycles. The first-order chi connectivity index (χ1) is 23.8. The first-order valence-corrected chi connectivity index (χ1v) is 22.4. The van der Waals surface area contributed by atoms with Gasteiger partial charge in [-0.2, -0.15) is 9.49 Å². The number of carbonyl (C=O) groups is 2. The Hall–Kier alpha value is -3.38. The van der Waals surface area contributed by atoms with Crippen LogP contribution in [-0.4, -0.2) is 46.4 Å². The van der Waals surface area contributed by atoms with Crippen molar-refractivity contribution >= 4 is 25.7 Å². The summed E-state index contributed by atoms with van der Waals surface area (Å²) in [4.78, 5) is 31.8. The largest absolute Gasteiger partial charge is 0.365 e. The molecule has 3 aromatic rings. The van der Waals surface area contributed by atoms with Crippen molar-refractivity contribution in [3.63, 3.8) is 0 Å². The number of amides is 2. The van der Waals surface area contributed by atoms with E-state index in [9.17, 15) is 9.59 Å². The maximum atomic E-state index is 15.9. The number of aromatic nitrogens is 4. The quantitative estimate of drug-likeness (QED) is 0.0970. The third kappa shape index (κ3) is 8.73. The van der Waals surface area contributed by atoms with E-state index >= 15 is 4.39 Å². The zero-order valence-corrected chi connectivity index (χ0v) is 32.1. The second-order valence-electron chi connectivity index (χ2n) is 16.1. The molecule has 10 nitrogen and oxygen atoms in total. The van der Waals surface area contributed by atoms with E-state index in [1.165, 1.54) is 12.8 Å². The van der Waals surface area contributed by atoms with Crippen molar-refractivity contribution in [2.45, 2.75) is 136 Å². The van der Waals surface area contributed by atoms with E-state index in [0.717, 1.165) is 63.1 Å². The third-order valence-electron chi connectivity index (χ3n) is 10.8. The molecular formula is C38H57FN6O4Si. The molecule has 2 fully saturated rings. The van der Waals surface area contributed by atoms with Crippen LogP contribution in [0.15, 0.2) is 16.7 Å². The molecule has 3 heterocycles. The lowest BCUT2D eigenvalue weighted by molar-refractivity contribution is -0.121. The topological polar surface area (TPSA) is 138 Å². The van der Waals surface area contributed by atoms with Gasteiger partial charge in [0, 0.05) is 31.5 Å². The maximum Gasteiger partial charge on any atom is 0.254 e. The number of hydrogen-bond donors (Lipinski definition) is 2. The summed E-state index contributed by atoms with van der Waals surface area (Å²) < 4.78 is 29.5. The lowest BCUT2D eigenvalue weighted by Crippen LogP contribution is -2.39. The summed E-state index contributed by atoms with van der Waals surface area (Å²) in [6.45, 7) is 15.5. The van der Waals surface area contributed by atoms with Gasteiger partial charge in [0.05, 0.1) is 11.4 Å². The predicted octanol–water partition coefficient (Wildman–Crippen LogP) is 8.72. The van der Waals surface area contributed by atoms with Crippen LogP contribution in [-0.2, 0) is 16.3 Å². The average Bonchev–Trinajstić information content (AvgIpc) is 3.63. The normalized spacial score (nSPS) is 17.1. The van der Waals surface area contributed by atoms with Crippen molar-refractivity contribution < 1.29 is 23.2 Å². The fourth-order valence-electron chi connectivity index (χ4n) is 8.24. The van der Waals surface area contributed by atoms with Crippen molar-refractivity contribution in [1.29, 1.82) is 0 Å². The van der Waals surface area contributed by atoms with Crippen LogP contribution in [0.25, 0.3) is 11.1 Å². The molecule has 0 spiro atoms. The maximum absolute atomic E-state index is 15.9. The minimum atomic E-state index is -1.23. The molecule has 0 radical (unpaired) electrons. The molecule has 0 bridgehead atoms. The highest BCUT2D eigenvalue weighted by Gasteiger charge is 2.45. The van der Waals surface area contributed by atoms with Gasteiger partial charge in [0.2, 0.25) is 11.9 Å². The van der Waals surface area contributed by atoms with Crippen LogP contribution in [0.4, 0.5) is 10.2 Å². The van der Waals surface area contributed by atoms with E-state index in [2.05, 4.69) is 40.2 Å². The summed E-state index contributed by atoms with van der Waals surface area (Å²) in [6.07, 6.45) is 10.8. The van der Waals surface area contributed by atoms with Crippen LogP contribution >= 0.6 is 0 Å². The average molecular weight is 709 g/mol. The SMILES string of the molecule is Cc1nn(COCC[Si](C)(C)C)c(C)c1-c1ccc(NC(=O)C(c2onc(C(C)C)c2C(N)=O)C(C2CCCCC2)C2CCCCC2)nc1F. The Morgan fingerprint density at radius 3 is 2.20 bits per heavy atom. The van der Waals surface area contributed by atoms with Gasteiger partial charge in [0.1, 0.15) is 24.0 Å². The molecule has 0 aromatic carbocycles. The minimum absolute atomic E-state index is 0.0742. The van der Waals surface area contributed by atoms with Crippen LogP contribution < -0.4 is 11.1 Å². The summed E-state index contributed by atoms with van der Waals surface area (Å²) in [5.41, 5.74) is 9.02. The first-order valence-electron chi connectivity index (χ1n) is 18.7. The number of aryl methyl sites for hydroxylation is 1. The van der Waals surface area contributed by atoms with Gasteiger partial charge in [-0.05, 0) is 55.7 Å². The number of halogens is 1. The number of rotatable bonds is 14. The number of anilines is 1. The highest BCUT2D eigenvalue weighted by Crippen LogP contribution is 2.48. The Bertz CT molecular complexity index is 1620. The van der Waals surface area contributed by atoms with Gasteiger partial charge in [-0.15, -0.1) is 0 Å². The van der Waals surface area contributed by atoms with E-state index in [1.807, 2.05) is 27.7 Å². The molecule has 1 atom stereocenters. The number of hydrogen-bond acceptors (Lipinski definition) is 7. The molecule has 1 unspecified atom stereocenters. The molecule has 2 amide bonds. The number of nitrogens with zero attached hydrogens (tertiary/aromatic N) is 4. The Morgan fingerprint density at radius 2 is 1.66 bits per heavy atom. The monoisotopic (exact) mass is 708 g/mol. The summed E-state index contributed by atoms with van der Waals surface area (Å²) in [5, 5.41) is 11.8. The number of primary amides is 1. The van der Waals surface area contributed by atoms with Crippen LogP contribution in [0.5, 0.6) is 0 Å². The molecule has 0 aliphatic heterocycles. The van der Waals surface area contributed by atoms with Crippen LogP contribution in [0.1, 0.15) is 123 Å². The molecule has 2 saturated carbocycles. The zero-order valence-electron chi connectivity index (χ0n) is 31.1. The second kappa shape index (κ2) is 16.3. The van der Waals surface area contributed by atoms with E-state index in [0.29, 0.717) is 35.9 Å². The fourth-order valence-corrected chi connectivity index (χ4v) is 9.00. The van der Waals surface area contributed by atoms with Crippen molar-refractivity contribution in [3.05, 3.63) is 46.5 Å². The minimum Gasteiger partial charge on any atom is -0.365 e. The van der Waals surface area contributed by atoms with Gasteiger partial charge < -0.3 is 20.3 Å². The standard InChI is InChI=1S/C38H57FN6O4Si/c1-23(2)34-33(37(40)46)35(49-44-34)32(31(26-14-10-8-11-15-26)27-16-12-9-13-17-27)38(47)42-29-19-18-28(36(39)41-29)30-24(3)43-45(25(30)4)22-48-20-21-50(5,6)7/h18-19,23,26-27,31-32H,8-17,20-22H2,1-7H3,(H2,40,46)(H,41,42,47). The molecule has 2 aliphatic rings. The fraction of sp³-hybridized carbons (Fsp3) is 0.658. The predicted molar refractivity (Wildman–Crippen MR) is 196 cm³/mol. The number of nitrogens with one attached hydrogen (secondary N) is 1. The molecule has 3 aromatic heterocycles. The Labute approximate surface area is 297 Å². The van der Waals surface area contributed by atoms with E-state index in [4.69, 9.17) is 15.0 Å². The third-order valence-corrected chi connectivity index (χ3v) is 12.5. The first kappa shape index (κ1) is 37.9. The van der Waals surface area contributed by atoms with Crippen molar-refractivity contribution in [1.82, 2.24) is 19.9 Å². The number of ether oxygens (including phenoxy) is 1. The van der Waals surface area contributed by atoms with Crippen molar-refractivity contribution in [2.24, 2.45) is 23.5 Å². The number of carbonyl (C=O) groups excluding carboxylic acids is 2. The Kier molecular flexibility index (Phi) is 12.4. The van der Waals surface area contributed by atoms with E-state index in [1.54, 1.807) is 16.8 Å². The highest BCUT2D eigenvalue weighted by molar-refractivity contribution is 6.76. The van der Waals surface area contributed by atoms with Crippen LogP contribution in [0.2, 0.25) is 25.7 Å². The van der Waals surface area contributed by atoms with Crippen molar-refractivity contribution in [3.8, 4) is 11.1 Å². The molecule has 0 saturated heterocycles.